The first-order valence-corrected chi connectivity index (χ1v) is 13.5. The number of rotatable bonds is 4. The van der Waals surface area contributed by atoms with Crippen molar-refractivity contribution in [2.45, 2.75) is 95.9 Å². The lowest BCUT2D eigenvalue weighted by atomic mass is 9.95. The quantitative estimate of drug-likeness (QED) is 0.579. The van der Waals surface area contributed by atoms with E-state index in [1.165, 1.54) is 4.90 Å². The lowest BCUT2D eigenvalue weighted by Gasteiger charge is -2.36. The van der Waals surface area contributed by atoms with Crippen LogP contribution >= 0.6 is 0 Å². The molecule has 11 heteroatoms. The predicted octanol–water partition coefficient (Wildman–Crippen LogP) is 4.77. The molecule has 0 bridgehead atoms. The number of carbonyl (C=O) groups excluding carboxylic acids is 3. The third kappa shape index (κ3) is 6.38. The number of likely N-dealkylation sites (tertiary alicyclic amines) is 2. The standard InChI is InChI=1S/C28H39F2N3O6/c1-26(2,3)38-24(36)32(21-14-18(21)19-12-17(29)13-20(30)23(19)35)15-22(34)31-11-9-28(16-31)8-7-10-33(28)25(37)39-27(4,5)6/h12-13,18,21,35H,7-11,14-16H2,1-6H3/t18-,21+,28?/m0/s1. The van der Waals surface area contributed by atoms with Gasteiger partial charge in [-0.1, -0.05) is 0 Å². The summed E-state index contributed by atoms with van der Waals surface area (Å²) < 4.78 is 39.0. The number of carbonyl (C=O) groups is 3. The maximum atomic E-state index is 14.0. The number of amides is 3. The molecule has 9 nitrogen and oxygen atoms in total. The number of benzene rings is 1. The number of ether oxygens (including phenoxy) is 2. The van der Waals surface area contributed by atoms with Crippen LogP contribution in [0.25, 0.3) is 0 Å². The summed E-state index contributed by atoms with van der Waals surface area (Å²) >= 11 is 0. The van der Waals surface area contributed by atoms with Crippen molar-refractivity contribution in [2.24, 2.45) is 0 Å². The van der Waals surface area contributed by atoms with Crippen LogP contribution < -0.4 is 0 Å². The highest BCUT2D eigenvalue weighted by Crippen LogP contribution is 2.49. The SMILES string of the molecule is CC(C)(C)OC(=O)N(CC(=O)N1CCC2(CCCN2C(=O)OC(C)(C)C)C1)[C@@H]1C[C@H]1c1cc(F)cc(F)c1O. The third-order valence-electron chi connectivity index (χ3n) is 7.44. The third-order valence-corrected chi connectivity index (χ3v) is 7.44. The summed E-state index contributed by atoms with van der Waals surface area (Å²) in [5, 5.41) is 10.2. The van der Waals surface area contributed by atoms with Gasteiger partial charge >= 0.3 is 12.2 Å². The zero-order valence-corrected chi connectivity index (χ0v) is 23.6. The number of hydrogen-bond acceptors (Lipinski definition) is 6. The molecule has 3 amide bonds. The summed E-state index contributed by atoms with van der Waals surface area (Å²) in [5.41, 5.74) is -1.92. The smallest absolute Gasteiger partial charge is 0.411 e. The maximum absolute atomic E-state index is 14.0. The molecule has 1 aliphatic carbocycles. The summed E-state index contributed by atoms with van der Waals surface area (Å²) in [5.74, 6) is -3.43. The van der Waals surface area contributed by atoms with Crippen LogP contribution in [-0.2, 0) is 14.3 Å². The summed E-state index contributed by atoms with van der Waals surface area (Å²) in [7, 11) is 0. The molecule has 3 fully saturated rings. The van der Waals surface area contributed by atoms with E-state index in [0.717, 1.165) is 18.9 Å². The topological polar surface area (TPSA) is 99.6 Å². The lowest BCUT2D eigenvalue weighted by Crippen LogP contribution is -2.52. The Morgan fingerprint density at radius 1 is 1.05 bits per heavy atom. The van der Waals surface area contributed by atoms with Crippen LogP contribution in [0.5, 0.6) is 5.75 Å². The molecule has 2 heterocycles. The largest absolute Gasteiger partial charge is 0.505 e. The second-order valence-electron chi connectivity index (χ2n) is 12.9. The van der Waals surface area contributed by atoms with E-state index in [-0.39, 0.29) is 18.0 Å². The number of aromatic hydroxyl groups is 1. The van der Waals surface area contributed by atoms with Crippen LogP contribution in [0.2, 0.25) is 0 Å². The lowest BCUT2D eigenvalue weighted by molar-refractivity contribution is -0.132. The van der Waals surface area contributed by atoms with Crippen LogP contribution in [-0.4, -0.2) is 86.9 Å². The molecule has 1 N–H and O–H groups in total. The molecule has 1 spiro atoms. The Morgan fingerprint density at radius 2 is 1.72 bits per heavy atom. The molecule has 1 unspecified atom stereocenters. The van der Waals surface area contributed by atoms with Crippen molar-refractivity contribution in [1.29, 1.82) is 0 Å². The van der Waals surface area contributed by atoms with E-state index in [2.05, 4.69) is 0 Å². The predicted molar refractivity (Wildman–Crippen MR) is 138 cm³/mol. The molecule has 0 aromatic heterocycles. The van der Waals surface area contributed by atoms with Gasteiger partial charge in [0.05, 0.1) is 5.54 Å². The maximum Gasteiger partial charge on any atom is 0.411 e. The van der Waals surface area contributed by atoms with Crippen molar-refractivity contribution in [1.82, 2.24) is 14.7 Å². The molecule has 2 saturated heterocycles. The van der Waals surface area contributed by atoms with Crippen LogP contribution in [0.4, 0.5) is 18.4 Å². The minimum absolute atomic E-state index is 0.0533. The van der Waals surface area contributed by atoms with E-state index in [4.69, 9.17) is 9.47 Å². The van der Waals surface area contributed by atoms with Gasteiger partial charge in [-0.2, -0.15) is 0 Å². The van der Waals surface area contributed by atoms with Crippen molar-refractivity contribution in [2.75, 3.05) is 26.2 Å². The summed E-state index contributed by atoms with van der Waals surface area (Å²) in [6.07, 6.45) is 1.37. The first kappa shape index (κ1) is 28.9. The van der Waals surface area contributed by atoms with Crippen molar-refractivity contribution in [3.05, 3.63) is 29.3 Å². The molecule has 3 atom stereocenters. The number of phenolic OH excluding ortho intramolecular Hbond substituents is 1. The van der Waals surface area contributed by atoms with Gasteiger partial charge in [-0.25, -0.2) is 18.4 Å². The molecule has 0 radical (unpaired) electrons. The van der Waals surface area contributed by atoms with Gasteiger partial charge < -0.3 is 24.4 Å². The van der Waals surface area contributed by atoms with Crippen molar-refractivity contribution >= 4 is 18.1 Å². The Morgan fingerprint density at radius 3 is 2.36 bits per heavy atom. The van der Waals surface area contributed by atoms with E-state index in [9.17, 15) is 28.3 Å². The summed E-state index contributed by atoms with van der Waals surface area (Å²) in [4.78, 5) is 44.2. The van der Waals surface area contributed by atoms with Crippen molar-refractivity contribution < 1.29 is 37.7 Å². The molecule has 1 saturated carbocycles. The molecule has 4 rings (SSSR count). The highest BCUT2D eigenvalue weighted by atomic mass is 19.1. The van der Waals surface area contributed by atoms with Crippen LogP contribution in [0, 0.1) is 11.6 Å². The minimum atomic E-state index is -1.08. The number of phenols is 1. The Kier molecular flexibility index (Phi) is 7.50. The average Bonchev–Trinajstić information content (AvgIpc) is 3.26. The first-order chi connectivity index (χ1) is 18.0. The van der Waals surface area contributed by atoms with Gasteiger partial charge in [0.1, 0.15) is 23.6 Å². The van der Waals surface area contributed by atoms with Crippen LogP contribution in [0.15, 0.2) is 12.1 Å². The van der Waals surface area contributed by atoms with E-state index < -0.39 is 58.3 Å². The molecule has 1 aromatic carbocycles. The second kappa shape index (κ2) is 10.1. The highest BCUT2D eigenvalue weighted by molar-refractivity contribution is 5.83. The molecule has 2 aliphatic heterocycles. The highest BCUT2D eigenvalue weighted by Gasteiger charge is 2.52. The normalized spacial score (nSPS) is 24.7. The van der Waals surface area contributed by atoms with E-state index in [1.807, 2.05) is 20.8 Å². The minimum Gasteiger partial charge on any atom is -0.505 e. The zero-order chi connectivity index (χ0) is 28.9. The van der Waals surface area contributed by atoms with Crippen LogP contribution in [0.1, 0.15) is 78.7 Å². The van der Waals surface area contributed by atoms with E-state index in [0.29, 0.717) is 38.5 Å². The first-order valence-electron chi connectivity index (χ1n) is 13.5. The number of halogens is 2. The van der Waals surface area contributed by atoms with Crippen molar-refractivity contribution in [3.63, 3.8) is 0 Å². The van der Waals surface area contributed by atoms with Gasteiger partial charge in [0.2, 0.25) is 5.91 Å². The molecule has 3 aliphatic rings. The van der Waals surface area contributed by atoms with Crippen LogP contribution in [0.3, 0.4) is 0 Å². The average molecular weight is 552 g/mol. The second-order valence-corrected chi connectivity index (χ2v) is 12.9. The van der Waals surface area contributed by atoms with Gasteiger partial charge in [-0.05, 0) is 73.3 Å². The van der Waals surface area contributed by atoms with E-state index in [1.54, 1.807) is 30.6 Å². The fourth-order valence-electron chi connectivity index (χ4n) is 5.65. The molecule has 216 valence electrons. The van der Waals surface area contributed by atoms with Crippen molar-refractivity contribution in [3.8, 4) is 5.75 Å². The molecule has 1 aromatic rings. The Labute approximate surface area is 228 Å². The molecular formula is C28H39F2N3O6. The Hall–Kier alpha value is -3.11. The fraction of sp³-hybridized carbons (Fsp3) is 0.679. The Balaban J connectivity index is 1.49. The zero-order valence-electron chi connectivity index (χ0n) is 23.6. The van der Waals surface area contributed by atoms with Gasteiger partial charge in [0.25, 0.3) is 0 Å². The fourth-order valence-corrected chi connectivity index (χ4v) is 5.65. The van der Waals surface area contributed by atoms with Gasteiger partial charge in [-0.3, -0.25) is 9.69 Å². The molecular weight excluding hydrogens is 512 g/mol. The monoisotopic (exact) mass is 551 g/mol. The number of nitrogens with zero attached hydrogens (tertiary/aromatic N) is 3. The van der Waals surface area contributed by atoms with Gasteiger partial charge in [0, 0.05) is 43.2 Å². The Bertz CT molecular complexity index is 1150. The molecule has 39 heavy (non-hydrogen) atoms. The summed E-state index contributed by atoms with van der Waals surface area (Å²) in [6, 6.07) is 1.07. The summed E-state index contributed by atoms with van der Waals surface area (Å²) in [6.45, 7) is 11.6. The van der Waals surface area contributed by atoms with Gasteiger partial charge in [-0.15, -0.1) is 0 Å². The van der Waals surface area contributed by atoms with Gasteiger partial charge in [0.15, 0.2) is 11.6 Å². The number of hydrogen-bond donors (Lipinski definition) is 1. The van der Waals surface area contributed by atoms with E-state index >= 15 is 0 Å².